The molecule has 1 N–H and O–H groups in total. The van der Waals surface area contributed by atoms with Crippen LogP contribution in [0.1, 0.15) is 34.1 Å². The van der Waals surface area contributed by atoms with Crippen LogP contribution in [0.2, 0.25) is 0 Å². The predicted molar refractivity (Wildman–Crippen MR) is 39.8 cm³/mol. The van der Waals surface area contributed by atoms with Crippen LogP contribution in [0.4, 0.5) is 0 Å². The largest absolute Gasteiger partial charge is 0.224 e. The van der Waals surface area contributed by atoms with E-state index in [1.165, 1.54) is 0 Å². The van der Waals surface area contributed by atoms with Crippen LogP contribution < -0.4 is 5.84 Å². The molecule has 0 aliphatic carbocycles. The van der Waals surface area contributed by atoms with E-state index in [0.29, 0.717) is 0 Å². The standard InChI is InChI=1S/C7H17N2/c1-5-6-9(8)7(2,3)4/h8H,5-6H2,1-4H3. The minimum absolute atomic E-state index is 0.00993. The van der Waals surface area contributed by atoms with Crippen molar-refractivity contribution in [2.75, 3.05) is 6.54 Å². The van der Waals surface area contributed by atoms with Crippen molar-refractivity contribution in [3.05, 3.63) is 0 Å². The van der Waals surface area contributed by atoms with E-state index in [1.54, 1.807) is 5.01 Å². The minimum atomic E-state index is 0.00993. The summed E-state index contributed by atoms with van der Waals surface area (Å²) >= 11 is 0. The van der Waals surface area contributed by atoms with Gasteiger partial charge >= 0.3 is 0 Å². The number of nitrogens with zero attached hydrogens (tertiary/aromatic N) is 1. The first-order chi connectivity index (χ1) is 3.98. The molecule has 2 nitrogen and oxygen atoms in total. The maximum absolute atomic E-state index is 7.46. The second-order valence-corrected chi connectivity index (χ2v) is 3.32. The Hall–Kier alpha value is -0.0800. The lowest BCUT2D eigenvalue weighted by molar-refractivity contribution is 0.126. The molecule has 0 unspecified atom stereocenters. The lowest BCUT2D eigenvalue weighted by Gasteiger charge is -2.29. The zero-order valence-corrected chi connectivity index (χ0v) is 6.86. The van der Waals surface area contributed by atoms with Crippen molar-refractivity contribution in [3.63, 3.8) is 0 Å². The lowest BCUT2D eigenvalue weighted by atomic mass is 10.1. The molecule has 0 spiro atoms. The van der Waals surface area contributed by atoms with Crippen molar-refractivity contribution in [2.45, 2.75) is 39.7 Å². The van der Waals surface area contributed by atoms with Gasteiger partial charge in [-0.25, -0.2) is 5.01 Å². The van der Waals surface area contributed by atoms with Crippen LogP contribution in [0.5, 0.6) is 0 Å². The van der Waals surface area contributed by atoms with Crippen molar-refractivity contribution in [1.29, 1.82) is 0 Å². The summed E-state index contributed by atoms with van der Waals surface area (Å²) in [4.78, 5) is 0. The van der Waals surface area contributed by atoms with E-state index in [0.717, 1.165) is 13.0 Å². The molecule has 0 fully saturated rings. The fourth-order valence-corrected chi connectivity index (χ4v) is 0.559. The number of nitrogens with one attached hydrogen (secondary N) is 1. The van der Waals surface area contributed by atoms with Gasteiger partial charge in [-0.15, -0.1) is 0 Å². The Kier molecular flexibility index (Phi) is 3.15. The molecule has 0 aromatic rings. The van der Waals surface area contributed by atoms with Crippen LogP contribution in [0.25, 0.3) is 0 Å². The third-order valence-electron chi connectivity index (χ3n) is 1.26. The van der Waals surface area contributed by atoms with Gasteiger partial charge in [0.25, 0.3) is 0 Å². The average molecular weight is 129 g/mol. The van der Waals surface area contributed by atoms with Crippen molar-refractivity contribution in [3.8, 4) is 0 Å². The highest BCUT2D eigenvalue weighted by molar-refractivity contribution is 4.69. The Labute approximate surface area is 58.0 Å². The molecule has 1 radical (unpaired) electrons. The van der Waals surface area contributed by atoms with E-state index >= 15 is 0 Å². The fraction of sp³-hybridized carbons (Fsp3) is 1.00. The van der Waals surface area contributed by atoms with Crippen molar-refractivity contribution in [1.82, 2.24) is 10.9 Å². The van der Waals surface area contributed by atoms with Crippen LogP contribution in [-0.4, -0.2) is 17.1 Å². The second kappa shape index (κ2) is 3.18. The van der Waals surface area contributed by atoms with Gasteiger partial charge in [0.2, 0.25) is 0 Å². The van der Waals surface area contributed by atoms with E-state index in [9.17, 15) is 0 Å². The summed E-state index contributed by atoms with van der Waals surface area (Å²) in [5.41, 5.74) is 0.00993. The van der Waals surface area contributed by atoms with Crippen LogP contribution >= 0.6 is 0 Å². The van der Waals surface area contributed by atoms with Crippen molar-refractivity contribution >= 4 is 0 Å². The maximum atomic E-state index is 7.46. The topological polar surface area (TPSA) is 27.0 Å². The highest BCUT2D eigenvalue weighted by atomic mass is 15.4. The number of hydrogen-bond acceptors (Lipinski definition) is 1. The summed E-state index contributed by atoms with van der Waals surface area (Å²) in [5, 5.41) is 1.62. The second-order valence-electron chi connectivity index (χ2n) is 3.32. The number of rotatable bonds is 2. The fourth-order valence-electron chi connectivity index (χ4n) is 0.559. The van der Waals surface area contributed by atoms with Crippen LogP contribution in [-0.2, 0) is 0 Å². The molecule has 0 heterocycles. The van der Waals surface area contributed by atoms with Gasteiger partial charge < -0.3 is 0 Å². The zero-order chi connectivity index (χ0) is 7.49. The molecule has 0 saturated carbocycles. The quantitative estimate of drug-likeness (QED) is 0.521. The average Bonchev–Trinajstić information content (AvgIpc) is 1.64. The van der Waals surface area contributed by atoms with Crippen LogP contribution in [0.3, 0.4) is 0 Å². The molecule has 0 aliphatic heterocycles. The Bertz CT molecular complexity index is 73.5. The SMILES string of the molecule is CCCN([NH])C(C)(C)C. The first kappa shape index (κ1) is 8.92. The molecule has 0 atom stereocenters. The summed E-state index contributed by atoms with van der Waals surface area (Å²) < 4.78 is 0. The summed E-state index contributed by atoms with van der Waals surface area (Å²) in [6.07, 6.45) is 1.06. The molecule has 0 aromatic carbocycles. The van der Waals surface area contributed by atoms with E-state index < -0.39 is 0 Å². The Morgan fingerprint density at radius 3 is 1.89 bits per heavy atom. The molecule has 9 heavy (non-hydrogen) atoms. The molecule has 0 rings (SSSR count). The maximum Gasteiger partial charge on any atom is 0.0283 e. The zero-order valence-electron chi connectivity index (χ0n) is 6.86. The van der Waals surface area contributed by atoms with Gasteiger partial charge in [-0.2, -0.15) is 5.84 Å². The monoisotopic (exact) mass is 129 g/mol. The molecule has 0 saturated heterocycles. The van der Waals surface area contributed by atoms with Gasteiger partial charge in [-0.1, -0.05) is 6.92 Å². The van der Waals surface area contributed by atoms with Crippen molar-refractivity contribution in [2.24, 2.45) is 0 Å². The molecule has 0 amide bonds. The summed E-state index contributed by atoms with van der Waals surface area (Å²) in [5.74, 6) is 7.46. The first-order valence-corrected chi connectivity index (χ1v) is 3.47. The van der Waals surface area contributed by atoms with E-state index in [2.05, 4.69) is 27.7 Å². The predicted octanol–water partition coefficient (Wildman–Crippen LogP) is 1.69. The van der Waals surface area contributed by atoms with Crippen LogP contribution in [0.15, 0.2) is 0 Å². The van der Waals surface area contributed by atoms with Gasteiger partial charge in [0.1, 0.15) is 0 Å². The lowest BCUT2D eigenvalue weighted by Crippen LogP contribution is -2.40. The van der Waals surface area contributed by atoms with E-state index in [4.69, 9.17) is 5.84 Å². The molecular weight excluding hydrogens is 112 g/mol. The molecule has 0 bridgehead atoms. The van der Waals surface area contributed by atoms with Crippen LogP contribution in [0, 0.1) is 0 Å². The highest BCUT2D eigenvalue weighted by Crippen LogP contribution is 2.08. The van der Waals surface area contributed by atoms with Crippen molar-refractivity contribution < 1.29 is 0 Å². The van der Waals surface area contributed by atoms with Gasteiger partial charge in [-0.05, 0) is 27.2 Å². The third-order valence-corrected chi connectivity index (χ3v) is 1.26. The molecule has 0 aromatic heterocycles. The van der Waals surface area contributed by atoms with E-state index in [1.807, 2.05) is 0 Å². The van der Waals surface area contributed by atoms with Gasteiger partial charge in [-0.3, -0.25) is 0 Å². The van der Waals surface area contributed by atoms with Gasteiger partial charge in [0.15, 0.2) is 0 Å². The molecule has 2 heteroatoms. The third kappa shape index (κ3) is 3.49. The molecule has 0 aliphatic rings. The Morgan fingerprint density at radius 2 is 1.78 bits per heavy atom. The first-order valence-electron chi connectivity index (χ1n) is 3.47. The Balaban J connectivity index is 3.59. The van der Waals surface area contributed by atoms with Gasteiger partial charge in [0, 0.05) is 12.1 Å². The molecule has 55 valence electrons. The normalized spacial score (nSPS) is 12.7. The number of hydrogen-bond donors (Lipinski definition) is 0. The smallest absolute Gasteiger partial charge is 0.0283 e. The summed E-state index contributed by atoms with van der Waals surface area (Å²) in [6, 6.07) is 0. The summed E-state index contributed by atoms with van der Waals surface area (Å²) in [6.45, 7) is 9.11. The Morgan fingerprint density at radius 1 is 1.33 bits per heavy atom. The van der Waals surface area contributed by atoms with Gasteiger partial charge in [0.05, 0.1) is 0 Å². The summed E-state index contributed by atoms with van der Waals surface area (Å²) in [7, 11) is 0. The minimum Gasteiger partial charge on any atom is -0.224 e. The van der Waals surface area contributed by atoms with E-state index in [-0.39, 0.29) is 5.54 Å². The molecular formula is C7H17N2. The highest BCUT2D eigenvalue weighted by Gasteiger charge is 2.16.